The van der Waals surface area contributed by atoms with Crippen molar-refractivity contribution in [3.63, 3.8) is 0 Å². The number of piperidine rings is 1. The number of rotatable bonds is 6. The molecule has 4 aliphatic rings. The van der Waals surface area contributed by atoms with Crippen LogP contribution in [-0.4, -0.2) is 58.4 Å². The third-order valence-corrected chi connectivity index (χ3v) is 10.3. The van der Waals surface area contributed by atoms with Crippen LogP contribution in [0.2, 0.25) is 5.02 Å². The average molecular weight is 578 g/mol. The van der Waals surface area contributed by atoms with Gasteiger partial charge in [-0.05, 0) is 91.1 Å². The molecule has 0 saturated carbocycles. The standard InChI is InChI=1S/C32H36ClN3O3S/c1-32(2)13-11-21(27(16-32)20-3-5-23(33)6-4-20)17-35-14-12-25(19-35)40-24-7-8-26-22(15-24)18-36(31(26)39)28-9-10-29(37)34-30(28)38/h3-8,15,25,28H,9-14,16-19H2,1-2H3,(H,34,37,38). The molecule has 210 valence electrons. The van der Waals surface area contributed by atoms with Gasteiger partial charge in [0.15, 0.2) is 0 Å². The van der Waals surface area contributed by atoms with Crippen molar-refractivity contribution in [3.05, 3.63) is 69.8 Å². The molecule has 1 aliphatic carbocycles. The molecular weight excluding hydrogens is 542 g/mol. The van der Waals surface area contributed by atoms with Gasteiger partial charge in [0.1, 0.15) is 6.04 Å². The second-order valence-electron chi connectivity index (χ2n) is 12.4. The third kappa shape index (κ3) is 5.74. The van der Waals surface area contributed by atoms with Crippen molar-refractivity contribution in [2.75, 3.05) is 19.6 Å². The normalized spacial score (nSPS) is 25.0. The fourth-order valence-corrected chi connectivity index (χ4v) is 7.96. The number of nitrogens with one attached hydrogen (secondary N) is 1. The Morgan fingerprint density at radius 1 is 1.05 bits per heavy atom. The number of imide groups is 1. The average Bonchev–Trinajstić information content (AvgIpc) is 3.49. The van der Waals surface area contributed by atoms with Gasteiger partial charge < -0.3 is 4.90 Å². The minimum atomic E-state index is -0.575. The van der Waals surface area contributed by atoms with Crippen molar-refractivity contribution in [2.24, 2.45) is 5.41 Å². The molecule has 40 heavy (non-hydrogen) atoms. The van der Waals surface area contributed by atoms with E-state index in [-0.39, 0.29) is 24.1 Å². The van der Waals surface area contributed by atoms with Crippen LogP contribution in [0.1, 0.15) is 73.9 Å². The van der Waals surface area contributed by atoms with E-state index in [0.29, 0.717) is 29.2 Å². The highest BCUT2D eigenvalue weighted by atomic mass is 35.5. The SMILES string of the molecule is CC1(C)CCC(CN2CCC(Sc3ccc4c(c3)CN(C3CCC(=O)NC3=O)C4=O)C2)=C(c2ccc(Cl)cc2)C1. The molecule has 2 atom stereocenters. The van der Waals surface area contributed by atoms with Crippen LogP contribution in [0.5, 0.6) is 0 Å². The van der Waals surface area contributed by atoms with E-state index in [1.54, 1.807) is 10.5 Å². The minimum absolute atomic E-state index is 0.117. The number of hydrogen-bond donors (Lipinski definition) is 1. The number of thioether (sulfide) groups is 1. The summed E-state index contributed by atoms with van der Waals surface area (Å²) in [7, 11) is 0. The number of likely N-dealkylation sites (tertiary alicyclic amines) is 1. The van der Waals surface area contributed by atoms with Crippen LogP contribution in [0.3, 0.4) is 0 Å². The summed E-state index contributed by atoms with van der Waals surface area (Å²) < 4.78 is 0. The van der Waals surface area contributed by atoms with E-state index in [1.807, 2.05) is 36.0 Å². The van der Waals surface area contributed by atoms with E-state index in [1.165, 1.54) is 22.5 Å². The van der Waals surface area contributed by atoms with Gasteiger partial charge in [-0.15, -0.1) is 11.8 Å². The number of hydrogen-bond acceptors (Lipinski definition) is 5. The molecule has 0 radical (unpaired) electrons. The van der Waals surface area contributed by atoms with Gasteiger partial charge >= 0.3 is 0 Å². The van der Waals surface area contributed by atoms with Gasteiger partial charge in [-0.2, -0.15) is 0 Å². The predicted molar refractivity (Wildman–Crippen MR) is 159 cm³/mol. The van der Waals surface area contributed by atoms with Crippen LogP contribution in [0.4, 0.5) is 0 Å². The summed E-state index contributed by atoms with van der Waals surface area (Å²) in [5.41, 5.74) is 6.31. The van der Waals surface area contributed by atoms with Crippen LogP contribution >= 0.6 is 23.4 Å². The molecule has 2 aromatic carbocycles. The molecule has 0 bridgehead atoms. The summed E-state index contributed by atoms with van der Waals surface area (Å²) in [6.07, 6.45) is 5.25. The van der Waals surface area contributed by atoms with E-state index < -0.39 is 6.04 Å². The fraction of sp³-hybridized carbons (Fsp3) is 0.469. The Balaban J connectivity index is 1.10. The van der Waals surface area contributed by atoms with E-state index in [2.05, 4.69) is 42.3 Å². The van der Waals surface area contributed by atoms with E-state index >= 15 is 0 Å². The number of fused-ring (bicyclic) bond motifs is 1. The molecule has 6 rings (SSSR count). The van der Waals surface area contributed by atoms with Crippen molar-refractivity contribution in [3.8, 4) is 0 Å². The van der Waals surface area contributed by atoms with Crippen molar-refractivity contribution in [2.45, 2.75) is 75.1 Å². The molecule has 0 spiro atoms. The zero-order valence-corrected chi connectivity index (χ0v) is 24.7. The zero-order chi connectivity index (χ0) is 28.0. The maximum absolute atomic E-state index is 13.0. The fourth-order valence-electron chi connectivity index (χ4n) is 6.59. The largest absolute Gasteiger partial charge is 0.322 e. The van der Waals surface area contributed by atoms with Crippen LogP contribution in [0, 0.1) is 5.41 Å². The summed E-state index contributed by atoms with van der Waals surface area (Å²) in [6, 6.07) is 13.8. The van der Waals surface area contributed by atoms with Crippen LogP contribution in [0.25, 0.3) is 5.57 Å². The number of carbonyl (C=O) groups excluding carboxylic acids is 3. The second kappa shape index (κ2) is 11.0. The summed E-state index contributed by atoms with van der Waals surface area (Å²) in [4.78, 5) is 42.3. The van der Waals surface area contributed by atoms with Crippen molar-refractivity contribution < 1.29 is 14.4 Å². The number of nitrogens with zero attached hydrogens (tertiary/aromatic N) is 2. The van der Waals surface area contributed by atoms with Gasteiger partial charge in [-0.25, -0.2) is 0 Å². The molecular formula is C32H36ClN3O3S. The summed E-state index contributed by atoms with van der Waals surface area (Å²) >= 11 is 8.08. The van der Waals surface area contributed by atoms with Gasteiger partial charge in [0.2, 0.25) is 11.8 Å². The molecule has 6 nitrogen and oxygen atoms in total. The van der Waals surface area contributed by atoms with Crippen molar-refractivity contribution >= 4 is 46.7 Å². The Hall–Kier alpha value is -2.61. The van der Waals surface area contributed by atoms with Crippen molar-refractivity contribution in [1.82, 2.24) is 15.1 Å². The van der Waals surface area contributed by atoms with Gasteiger partial charge in [0.05, 0.1) is 0 Å². The molecule has 3 amide bonds. The van der Waals surface area contributed by atoms with E-state index in [4.69, 9.17) is 11.6 Å². The third-order valence-electron chi connectivity index (χ3n) is 8.82. The first-order valence-corrected chi connectivity index (χ1v) is 15.5. The summed E-state index contributed by atoms with van der Waals surface area (Å²) in [5.74, 6) is -0.748. The first-order chi connectivity index (χ1) is 19.1. The molecule has 1 N–H and O–H groups in total. The highest BCUT2D eigenvalue weighted by Crippen LogP contribution is 2.44. The van der Waals surface area contributed by atoms with Gasteiger partial charge in [0.25, 0.3) is 5.91 Å². The Labute approximate surface area is 245 Å². The summed E-state index contributed by atoms with van der Waals surface area (Å²) in [6.45, 7) is 8.32. The lowest BCUT2D eigenvalue weighted by molar-refractivity contribution is -0.136. The Bertz CT molecular complexity index is 1390. The van der Waals surface area contributed by atoms with E-state index in [9.17, 15) is 14.4 Å². The van der Waals surface area contributed by atoms with Crippen molar-refractivity contribution in [1.29, 1.82) is 0 Å². The molecule has 0 aromatic heterocycles. The first-order valence-electron chi connectivity index (χ1n) is 14.3. The minimum Gasteiger partial charge on any atom is -0.322 e. The lowest BCUT2D eigenvalue weighted by Crippen LogP contribution is -2.52. The quantitative estimate of drug-likeness (QED) is 0.431. The first kappa shape index (κ1) is 27.6. The highest BCUT2D eigenvalue weighted by Gasteiger charge is 2.39. The van der Waals surface area contributed by atoms with Gasteiger partial charge in [-0.1, -0.05) is 43.2 Å². The molecule has 3 aliphatic heterocycles. The second-order valence-corrected chi connectivity index (χ2v) is 14.2. The molecule has 2 aromatic rings. The van der Waals surface area contributed by atoms with Gasteiger partial charge in [-0.3, -0.25) is 24.6 Å². The number of halogens is 1. The smallest absolute Gasteiger partial charge is 0.255 e. The van der Waals surface area contributed by atoms with Crippen LogP contribution in [0.15, 0.2) is 52.9 Å². The molecule has 2 saturated heterocycles. The summed E-state index contributed by atoms with van der Waals surface area (Å²) in [5, 5.41) is 3.65. The zero-order valence-electron chi connectivity index (χ0n) is 23.2. The molecule has 3 heterocycles. The maximum atomic E-state index is 13.0. The Morgan fingerprint density at radius 3 is 2.62 bits per heavy atom. The molecule has 2 fully saturated rings. The number of benzene rings is 2. The van der Waals surface area contributed by atoms with Gasteiger partial charge in [0, 0.05) is 46.8 Å². The number of carbonyl (C=O) groups is 3. The lowest BCUT2D eigenvalue weighted by atomic mass is 9.72. The topological polar surface area (TPSA) is 69.7 Å². The maximum Gasteiger partial charge on any atom is 0.255 e. The number of allylic oxidation sites excluding steroid dienone is 1. The van der Waals surface area contributed by atoms with Crippen LogP contribution in [-0.2, 0) is 16.1 Å². The van der Waals surface area contributed by atoms with E-state index in [0.717, 1.165) is 49.5 Å². The number of amides is 3. The molecule has 8 heteroatoms. The Kier molecular flexibility index (Phi) is 7.57. The lowest BCUT2D eigenvalue weighted by Gasteiger charge is -2.35. The predicted octanol–water partition coefficient (Wildman–Crippen LogP) is 5.93. The highest BCUT2D eigenvalue weighted by molar-refractivity contribution is 8.00. The Morgan fingerprint density at radius 2 is 1.85 bits per heavy atom. The monoisotopic (exact) mass is 577 g/mol. The van der Waals surface area contributed by atoms with Crippen LogP contribution < -0.4 is 5.32 Å². The molecule has 2 unspecified atom stereocenters.